The van der Waals surface area contributed by atoms with Gasteiger partial charge in [0.2, 0.25) is 5.90 Å². The average Bonchev–Trinajstić information content (AvgIpc) is 3.09. The lowest BCUT2D eigenvalue weighted by Gasteiger charge is -2.14. The van der Waals surface area contributed by atoms with E-state index in [0.717, 1.165) is 16.7 Å². The van der Waals surface area contributed by atoms with Gasteiger partial charge in [0, 0.05) is 0 Å². The molecular formula is C25H23F2NO. The summed E-state index contributed by atoms with van der Waals surface area (Å²) in [6.07, 6.45) is -0.305. The molecule has 0 radical (unpaired) electrons. The minimum atomic E-state index is -0.670. The molecular weight excluding hydrogens is 368 g/mol. The van der Waals surface area contributed by atoms with Crippen molar-refractivity contribution in [3.8, 4) is 11.1 Å². The zero-order valence-corrected chi connectivity index (χ0v) is 16.7. The summed E-state index contributed by atoms with van der Waals surface area (Å²) in [6.45, 7) is 6.21. The molecule has 0 amide bonds. The van der Waals surface area contributed by atoms with E-state index >= 15 is 0 Å². The summed E-state index contributed by atoms with van der Waals surface area (Å²) < 4.78 is 33.9. The molecule has 1 heterocycles. The minimum Gasteiger partial charge on any atom is -0.472 e. The lowest BCUT2D eigenvalue weighted by molar-refractivity contribution is 0.213. The molecule has 1 aliphatic rings. The second kappa shape index (κ2) is 7.78. The third kappa shape index (κ3) is 3.80. The molecule has 0 N–H and O–H groups in total. The van der Waals surface area contributed by atoms with Crippen LogP contribution in [0.15, 0.2) is 71.7 Å². The van der Waals surface area contributed by atoms with Gasteiger partial charge in [0.05, 0.1) is 0 Å². The Morgan fingerprint density at radius 3 is 1.93 bits per heavy atom. The minimum absolute atomic E-state index is 0.0199. The third-order valence-electron chi connectivity index (χ3n) is 5.34. The first-order chi connectivity index (χ1) is 13.9. The molecule has 29 heavy (non-hydrogen) atoms. The van der Waals surface area contributed by atoms with Crippen molar-refractivity contribution in [2.45, 2.75) is 38.8 Å². The summed E-state index contributed by atoms with van der Waals surface area (Å²) in [5, 5.41) is 0. The molecule has 4 rings (SSSR count). The molecule has 0 fully saturated rings. The van der Waals surface area contributed by atoms with E-state index in [0.29, 0.717) is 5.92 Å². The second-order valence-corrected chi connectivity index (χ2v) is 7.70. The first-order valence-electron chi connectivity index (χ1n) is 9.83. The molecule has 0 aliphatic carbocycles. The Balaban J connectivity index is 1.59. The fourth-order valence-electron chi connectivity index (χ4n) is 3.61. The number of halogens is 2. The van der Waals surface area contributed by atoms with E-state index in [-0.39, 0.29) is 23.6 Å². The van der Waals surface area contributed by atoms with Gasteiger partial charge < -0.3 is 4.74 Å². The van der Waals surface area contributed by atoms with E-state index in [1.165, 1.54) is 23.8 Å². The number of nitrogens with zero attached hydrogens (tertiary/aromatic N) is 1. The first-order valence-corrected chi connectivity index (χ1v) is 9.83. The Hall–Kier alpha value is -3.01. The van der Waals surface area contributed by atoms with Gasteiger partial charge in [0.1, 0.15) is 29.3 Å². The molecule has 3 aromatic carbocycles. The van der Waals surface area contributed by atoms with Gasteiger partial charge in [0.25, 0.3) is 0 Å². The molecule has 2 nitrogen and oxygen atoms in total. The topological polar surface area (TPSA) is 21.6 Å². The van der Waals surface area contributed by atoms with Gasteiger partial charge in [-0.05, 0) is 47.2 Å². The van der Waals surface area contributed by atoms with Crippen LogP contribution < -0.4 is 0 Å². The summed E-state index contributed by atoms with van der Waals surface area (Å²) in [5.74, 6) is -0.818. The summed E-state index contributed by atoms with van der Waals surface area (Å²) in [4.78, 5) is 4.48. The predicted octanol–water partition coefficient (Wildman–Crippen LogP) is 6.66. The standard InChI is InChI=1S/C25H23F2NO/c1-15(2)17-7-9-18(10-8-17)19-11-13-20(14-12-19)24-16(3)29-25(28-24)23-21(26)5-4-6-22(23)27/h4-16,24H,1-3H3/t16-,24+/m0/s1. The van der Waals surface area contributed by atoms with Crippen molar-refractivity contribution in [2.75, 3.05) is 0 Å². The SMILES string of the molecule is CC(C)c1ccc(-c2ccc([C@@H]3N=C(c4c(F)cccc4F)O[C@H]3C)cc2)cc1. The Morgan fingerprint density at radius 1 is 0.828 bits per heavy atom. The van der Waals surface area contributed by atoms with E-state index < -0.39 is 11.6 Å². The van der Waals surface area contributed by atoms with Gasteiger partial charge in [-0.2, -0.15) is 0 Å². The molecule has 4 heteroatoms. The highest BCUT2D eigenvalue weighted by molar-refractivity contribution is 5.96. The summed E-state index contributed by atoms with van der Waals surface area (Å²) in [6, 6.07) is 20.1. The molecule has 0 saturated carbocycles. The highest BCUT2D eigenvalue weighted by Gasteiger charge is 2.32. The largest absolute Gasteiger partial charge is 0.472 e. The molecule has 0 aromatic heterocycles. The Bertz CT molecular complexity index is 1020. The fraction of sp³-hybridized carbons (Fsp3) is 0.240. The third-order valence-corrected chi connectivity index (χ3v) is 5.34. The maximum absolute atomic E-state index is 14.1. The molecule has 0 saturated heterocycles. The number of ether oxygens (including phenoxy) is 1. The Morgan fingerprint density at radius 2 is 1.38 bits per heavy atom. The normalized spacial score (nSPS) is 18.6. The van der Waals surface area contributed by atoms with Crippen LogP contribution in [0.1, 0.15) is 49.4 Å². The lowest BCUT2D eigenvalue weighted by atomic mass is 9.96. The Labute approximate surface area is 169 Å². The average molecular weight is 391 g/mol. The number of benzene rings is 3. The van der Waals surface area contributed by atoms with Crippen molar-refractivity contribution in [2.24, 2.45) is 4.99 Å². The second-order valence-electron chi connectivity index (χ2n) is 7.70. The molecule has 1 aliphatic heterocycles. The zero-order chi connectivity index (χ0) is 20.5. The maximum Gasteiger partial charge on any atom is 0.223 e. The van der Waals surface area contributed by atoms with Crippen molar-refractivity contribution >= 4 is 5.90 Å². The van der Waals surface area contributed by atoms with Crippen LogP contribution in [-0.2, 0) is 4.74 Å². The van der Waals surface area contributed by atoms with Crippen LogP contribution in [0.5, 0.6) is 0 Å². The maximum atomic E-state index is 14.1. The van der Waals surface area contributed by atoms with Crippen LogP contribution >= 0.6 is 0 Å². The van der Waals surface area contributed by atoms with Crippen molar-refractivity contribution < 1.29 is 13.5 Å². The van der Waals surface area contributed by atoms with Crippen molar-refractivity contribution in [1.29, 1.82) is 0 Å². The van der Waals surface area contributed by atoms with Crippen molar-refractivity contribution in [3.63, 3.8) is 0 Å². The van der Waals surface area contributed by atoms with Crippen LogP contribution in [-0.4, -0.2) is 12.0 Å². The van der Waals surface area contributed by atoms with Crippen LogP contribution in [0, 0.1) is 11.6 Å². The van der Waals surface area contributed by atoms with Crippen LogP contribution in [0.2, 0.25) is 0 Å². The fourth-order valence-corrected chi connectivity index (χ4v) is 3.61. The van der Waals surface area contributed by atoms with Crippen LogP contribution in [0.3, 0.4) is 0 Å². The van der Waals surface area contributed by atoms with Crippen LogP contribution in [0.4, 0.5) is 8.78 Å². The van der Waals surface area contributed by atoms with Gasteiger partial charge >= 0.3 is 0 Å². The number of hydrogen-bond acceptors (Lipinski definition) is 2. The number of aliphatic imine (C=N–C) groups is 1. The predicted molar refractivity (Wildman–Crippen MR) is 112 cm³/mol. The summed E-state index contributed by atoms with van der Waals surface area (Å²) in [7, 11) is 0. The monoisotopic (exact) mass is 391 g/mol. The van der Waals surface area contributed by atoms with Gasteiger partial charge in [-0.1, -0.05) is 68.4 Å². The summed E-state index contributed by atoms with van der Waals surface area (Å²) >= 11 is 0. The van der Waals surface area contributed by atoms with Gasteiger partial charge in [0.15, 0.2) is 0 Å². The van der Waals surface area contributed by atoms with Gasteiger partial charge in [-0.3, -0.25) is 0 Å². The molecule has 0 bridgehead atoms. The lowest BCUT2D eigenvalue weighted by Crippen LogP contribution is -2.14. The highest BCUT2D eigenvalue weighted by atomic mass is 19.1. The Kier molecular flexibility index (Phi) is 5.18. The highest BCUT2D eigenvalue weighted by Crippen LogP contribution is 2.33. The molecule has 0 unspecified atom stereocenters. The molecule has 2 atom stereocenters. The van der Waals surface area contributed by atoms with Gasteiger partial charge in [-0.15, -0.1) is 0 Å². The first kappa shape index (κ1) is 19.3. The van der Waals surface area contributed by atoms with Crippen molar-refractivity contribution in [1.82, 2.24) is 0 Å². The molecule has 3 aromatic rings. The van der Waals surface area contributed by atoms with E-state index in [4.69, 9.17) is 4.74 Å². The van der Waals surface area contributed by atoms with Crippen molar-refractivity contribution in [3.05, 3.63) is 95.1 Å². The van der Waals surface area contributed by atoms with E-state index in [1.807, 2.05) is 31.2 Å². The van der Waals surface area contributed by atoms with Gasteiger partial charge in [-0.25, -0.2) is 13.8 Å². The number of rotatable bonds is 4. The summed E-state index contributed by atoms with van der Waals surface area (Å²) in [5.41, 5.74) is 4.31. The van der Waals surface area contributed by atoms with E-state index in [2.05, 4.69) is 43.1 Å². The smallest absolute Gasteiger partial charge is 0.223 e. The van der Waals surface area contributed by atoms with E-state index in [1.54, 1.807) is 0 Å². The number of hydrogen-bond donors (Lipinski definition) is 0. The molecule has 148 valence electrons. The zero-order valence-electron chi connectivity index (χ0n) is 16.7. The van der Waals surface area contributed by atoms with E-state index in [9.17, 15) is 8.78 Å². The van der Waals surface area contributed by atoms with Crippen LogP contribution in [0.25, 0.3) is 11.1 Å². The molecule has 0 spiro atoms. The quantitative estimate of drug-likeness (QED) is 0.487.